The molecule has 0 aliphatic rings. The van der Waals surface area contributed by atoms with E-state index in [2.05, 4.69) is 0 Å². The highest BCUT2D eigenvalue weighted by molar-refractivity contribution is 7.92. The molecular weight excluding hydrogens is 198 g/mol. The summed E-state index contributed by atoms with van der Waals surface area (Å²) in [5.74, 6) is 0.176. The van der Waals surface area contributed by atoms with Crippen molar-refractivity contribution in [3.63, 3.8) is 0 Å². The highest BCUT2D eigenvalue weighted by atomic mass is 32.2. The average Bonchev–Trinajstić information content (AvgIpc) is 2.03. The summed E-state index contributed by atoms with van der Waals surface area (Å²) >= 11 is 0. The minimum Gasteiger partial charge on any atom is -0.326 e. The molecule has 0 amide bonds. The van der Waals surface area contributed by atoms with Gasteiger partial charge in [0.2, 0.25) is 0 Å². The molecule has 4 heteroatoms. The molecule has 0 rings (SSSR count). The highest BCUT2D eigenvalue weighted by Crippen LogP contribution is 2.25. The van der Waals surface area contributed by atoms with Gasteiger partial charge in [0.25, 0.3) is 0 Å². The third-order valence-corrected chi connectivity index (χ3v) is 5.02. The second-order valence-corrected chi connectivity index (χ2v) is 7.30. The Morgan fingerprint density at radius 2 is 1.64 bits per heavy atom. The van der Waals surface area contributed by atoms with Crippen molar-refractivity contribution < 1.29 is 8.42 Å². The molecule has 0 heterocycles. The van der Waals surface area contributed by atoms with Crippen molar-refractivity contribution in [1.29, 1.82) is 0 Å². The summed E-state index contributed by atoms with van der Waals surface area (Å²) in [7, 11) is -3.02. The van der Waals surface area contributed by atoms with Crippen LogP contribution in [0.15, 0.2) is 0 Å². The SMILES string of the molecule is CC[C@@H]([C@@H](N)C(C)(C)C)S(=O)(=O)CC. The van der Waals surface area contributed by atoms with Gasteiger partial charge in [-0.1, -0.05) is 34.6 Å². The zero-order valence-electron chi connectivity index (χ0n) is 9.87. The third-order valence-electron chi connectivity index (χ3n) is 2.67. The van der Waals surface area contributed by atoms with Gasteiger partial charge < -0.3 is 5.73 Å². The summed E-state index contributed by atoms with van der Waals surface area (Å²) in [6, 6.07) is -0.294. The van der Waals surface area contributed by atoms with Crippen LogP contribution in [0.25, 0.3) is 0 Å². The van der Waals surface area contributed by atoms with Crippen molar-refractivity contribution in [1.82, 2.24) is 0 Å². The molecule has 0 saturated carbocycles. The van der Waals surface area contributed by atoms with Crippen LogP contribution in [0.5, 0.6) is 0 Å². The lowest BCUT2D eigenvalue weighted by Gasteiger charge is -2.33. The summed E-state index contributed by atoms with van der Waals surface area (Å²) in [5.41, 5.74) is 5.82. The van der Waals surface area contributed by atoms with Crippen LogP contribution in [-0.4, -0.2) is 25.5 Å². The Morgan fingerprint density at radius 3 is 1.86 bits per heavy atom. The van der Waals surface area contributed by atoms with E-state index in [1.807, 2.05) is 27.7 Å². The molecule has 0 aliphatic carbocycles. The quantitative estimate of drug-likeness (QED) is 0.784. The minimum atomic E-state index is -3.02. The van der Waals surface area contributed by atoms with Gasteiger partial charge in [0, 0.05) is 11.8 Å². The molecule has 0 fully saturated rings. The van der Waals surface area contributed by atoms with E-state index in [1.165, 1.54) is 0 Å². The molecule has 0 saturated heterocycles. The van der Waals surface area contributed by atoms with Crippen molar-refractivity contribution in [2.45, 2.75) is 52.3 Å². The molecule has 14 heavy (non-hydrogen) atoms. The zero-order chi connectivity index (χ0) is 11.6. The Balaban J connectivity index is 4.93. The van der Waals surface area contributed by atoms with Crippen molar-refractivity contribution >= 4 is 9.84 Å². The molecule has 2 atom stereocenters. The Hall–Kier alpha value is -0.0900. The second kappa shape index (κ2) is 4.62. The van der Waals surface area contributed by atoms with Crippen LogP contribution in [0.1, 0.15) is 41.0 Å². The lowest BCUT2D eigenvalue weighted by Crippen LogP contribution is -2.49. The van der Waals surface area contributed by atoms with E-state index in [0.717, 1.165) is 0 Å². The maximum Gasteiger partial charge on any atom is 0.154 e. The van der Waals surface area contributed by atoms with Crippen LogP contribution >= 0.6 is 0 Å². The molecule has 0 radical (unpaired) electrons. The number of sulfone groups is 1. The molecule has 3 nitrogen and oxygen atoms in total. The molecule has 0 aromatic rings. The van der Waals surface area contributed by atoms with Gasteiger partial charge in [-0.2, -0.15) is 0 Å². The summed E-state index contributed by atoms with van der Waals surface area (Å²) < 4.78 is 23.5. The Kier molecular flexibility index (Phi) is 4.59. The Bertz CT molecular complexity index is 264. The van der Waals surface area contributed by atoms with Crippen molar-refractivity contribution in [2.75, 3.05) is 5.75 Å². The summed E-state index contributed by atoms with van der Waals surface area (Å²) in [5, 5.41) is -0.410. The fourth-order valence-corrected chi connectivity index (χ4v) is 3.29. The first kappa shape index (κ1) is 13.9. The third kappa shape index (κ3) is 3.24. The lowest BCUT2D eigenvalue weighted by molar-refractivity contribution is 0.304. The Morgan fingerprint density at radius 1 is 1.21 bits per heavy atom. The first-order chi connectivity index (χ1) is 6.16. The minimum absolute atomic E-state index is 0.164. The topological polar surface area (TPSA) is 60.2 Å². The fourth-order valence-electron chi connectivity index (χ4n) is 1.50. The first-order valence-corrected chi connectivity index (χ1v) is 6.85. The zero-order valence-corrected chi connectivity index (χ0v) is 10.7. The molecule has 0 unspecified atom stereocenters. The molecule has 0 aromatic carbocycles. The van der Waals surface area contributed by atoms with Gasteiger partial charge in [0.1, 0.15) is 0 Å². The van der Waals surface area contributed by atoms with Crippen LogP contribution in [0.2, 0.25) is 0 Å². The van der Waals surface area contributed by atoms with Gasteiger partial charge in [0.15, 0.2) is 9.84 Å². The maximum atomic E-state index is 11.7. The summed E-state index contributed by atoms with van der Waals surface area (Å²) in [6.07, 6.45) is 0.592. The van der Waals surface area contributed by atoms with E-state index in [0.29, 0.717) is 6.42 Å². The van der Waals surface area contributed by atoms with E-state index in [9.17, 15) is 8.42 Å². The van der Waals surface area contributed by atoms with E-state index in [1.54, 1.807) is 6.92 Å². The second-order valence-electron chi connectivity index (χ2n) is 4.79. The Labute approximate surface area is 88.0 Å². The number of hydrogen-bond acceptors (Lipinski definition) is 3. The first-order valence-electron chi connectivity index (χ1n) is 5.14. The predicted molar refractivity (Wildman–Crippen MR) is 61.0 cm³/mol. The number of nitrogens with two attached hydrogens (primary N) is 1. The van der Waals surface area contributed by atoms with E-state index in [-0.39, 0.29) is 17.2 Å². The standard InChI is InChI=1S/C10H23NO2S/c1-6-8(14(12,13)7-2)9(11)10(3,4)5/h8-9H,6-7,11H2,1-5H3/t8-,9+/m0/s1. The average molecular weight is 221 g/mol. The molecular formula is C10H23NO2S. The molecule has 2 N–H and O–H groups in total. The van der Waals surface area contributed by atoms with Crippen molar-refractivity contribution in [3.8, 4) is 0 Å². The van der Waals surface area contributed by atoms with Gasteiger partial charge in [-0.15, -0.1) is 0 Å². The molecule has 0 bridgehead atoms. The predicted octanol–water partition coefficient (Wildman–Crippen LogP) is 1.57. The van der Waals surface area contributed by atoms with Crippen LogP contribution < -0.4 is 5.73 Å². The molecule has 0 aromatic heterocycles. The number of hydrogen-bond donors (Lipinski definition) is 1. The van der Waals surface area contributed by atoms with Gasteiger partial charge >= 0.3 is 0 Å². The maximum absolute atomic E-state index is 11.7. The van der Waals surface area contributed by atoms with Gasteiger partial charge in [0.05, 0.1) is 5.25 Å². The van der Waals surface area contributed by atoms with Crippen molar-refractivity contribution in [2.24, 2.45) is 11.1 Å². The van der Waals surface area contributed by atoms with Gasteiger partial charge in [-0.05, 0) is 11.8 Å². The lowest BCUT2D eigenvalue weighted by atomic mass is 9.84. The summed E-state index contributed by atoms with van der Waals surface area (Å²) in [4.78, 5) is 0. The van der Waals surface area contributed by atoms with Crippen LogP contribution in [0.3, 0.4) is 0 Å². The molecule has 86 valence electrons. The van der Waals surface area contributed by atoms with Crippen molar-refractivity contribution in [3.05, 3.63) is 0 Å². The molecule has 0 spiro atoms. The van der Waals surface area contributed by atoms with Crippen LogP contribution in [0.4, 0.5) is 0 Å². The highest BCUT2D eigenvalue weighted by Gasteiger charge is 2.35. The fraction of sp³-hybridized carbons (Fsp3) is 1.00. The van der Waals surface area contributed by atoms with Gasteiger partial charge in [-0.3, -0.25) is 0 Å². The van der Waals surface area contributed by atoms with Crippen LogP contribution in [0, 0.1) is 5.41 Å². The largest absolute Gasteiger partial charge is 0.326 e. The smallest absolute Gasteiger partial charge is 0.154 e. The summed E-state index contributed by atoms with van der Waals surface area (Å²) in [6.45, 7) is 9.49. The normalized spacial score (nSPS) is 17.9. The van der Waals surface area contributed by atoms with E-state index in [4.69, 9.17) is 5.73 Å². The van der Waals surface area contributed by atoms with E-state index >= 15 is 0 Å². The number of rotatable bonds is 4. The molecule has 0 aliphatic heterocycles. The monoisotopic (exact) mass is 221 g/mol. The van der Waals surface area contributed by atoms with Crippen LogP contribution in [-0.2, 0) is 9.84 Å². The van der Waals surface area contributed by atoms with E-state index < -0.39 is 15.1 Å². The van der Waals surface area contributed by atoms with Gasteiger partial charge in [-0.25, -0.2) is 8.42 Å².